The first kappa shape index (κ1) is 15.2. The number of anilines is 1. The molecule has 1 aliphatic heterocycles. The zero-order valence-electron chi connectivity index (χ0n) is 11.8. The third-order valence-electron chi connectivity index (χ3n) is 3.71. The largest absolute Gasteiger partial charge is 0.369 e. The van der Waals surface area contributed by atoms with E-state index in [1.54, 1.807) is 11.9 Å². The Morgan fingerprint density at radius 2 is 2.10 bits per heavy atom. The predicted octanol–water partition coefficient (Wildman–Crippen LogP) is 1.94. The molecule has 0 aliphatic carbocycles. The summed E-state index contributed by atoms with van der Waals surface area (Å²) in [6.45, 7) is 2.59. The van der Waals surface area contributed by atoms with Crippen LogP contribution in [-0.2, 0) is 0 Å². The van der Waals surface area contributed by atoms with Crippen LogP contribution in [0.1, 0.15) is 12.8 Å². The quantitative estimate of drug-likeness (QED) is 0.657. The lowest BCUT2D eigenvalue weighted by Gasteiger charge is -2.28. The van der Waals surface area contributed by atoms with Gasteiger partial charge in [0.2, 0.25) is 0 Å². The van der Waals surface area contributed by atoms with Gasteiger partial charge in [0.1, 0.15) is 5.69 Å². The van der Waals surface area contributed by atoms with Crippen molar-refractivity contribution in [2.45, 2.75) is 12.8 Å². The van der Waals surface area contributed by atoms with Gasteiger partial charge in [0.05, 0.1) is 15.9 Å². The number of nitrogens with zero attached hydrogens (tertiary/aromatic N) is 3. The number of hydrogen-bond acceptors (Lipinski definition) is 6. The summed E-state index contributed by atoms with van der Waals surface area (Å²) in [6, 6.07) is 3.77. The summed E-state index contributed by atoms with van der Waals surface area (Å²) in [5.41, 5.74) is -0.0789. The van der Waals surface area contributed by atoms with Gasteiger partial charge in [-0.15, -0.1) is 0 Å². The highest BCUT2D eigenvalue weighted by molar-refractivity contribution is 5.66. The molecule has 2 rings (SSSR count). The zero-order chi connectivity index (χ0) is 15.4. The van der Waals surface area contributed by atoms with E-state index in [-0.39, 0.29) is 11.4 Å². The number of benzene rings is 1. The highest BCUT2D eigenvalue weighted by Crippen LogP contribution is 2.32. The van der Waals surface area contributed by atoms with Gasteiger partial charge >= 0.3 is 0 Å². The Balaban J connectivity index is 2.20. The van der Waals surface area contributed by atoms with Gasteiger partial charge in [-0.2, -0.15) is 0 Å². The zero-order valence-corrected chi connectivity index (χ0v) is 11.8. The molecular formula is C13H18N4O4. The summed E-state index contributed by atoms with van der Waals surface area (Å²) in [7, 11) is 1.78. The number of hydrogen-bond donors (Lipinski definition) is 1. The van der Waals surface area contributed by atoms with Crippen LogP contribution >= 0.6 is 0 Å². The topological polar surface area (TPSA) is 102 Å². The summed E-state index contributed by atoms with van der Waals surface area (Å²) in [5.74, 6) is 0.429. The highest BCUT2D eigenvalue weighted by atomic mass is 16.6. The second-order valence-electron chi connectivity index (χ2n) is 5.28. The smallest absolute Gasteiger partial charge is 0.299 e. The fraction of sp³-hybridized carbons (Fsp3) is 0.538. The Morgan fingerprint density at radius 3 is 2.67 bits per heavy atom. The van der Waals surface area contributed by atoms with Crippen molar-refractivity contribution in [3.63, 3.8) is 0 Å². The maximum absolute atomic E-state index is 11.1. The van der Waals surface area contributed by atoms with E-state index in [2.05, 4.69) is 5.32 Å². The lowest BCUT2D eigenvalue weighted by molar-refractivity contribution is -0.393. The fourth-order valence-corrected chi connectivity index (χ4v) is 2.66. The molecule has 0 radical (unpaired) electrons. The number of piperidine rings is 1. The Labute approximate surface area is 122 Å². The predicted molar refractivity (Wildman–Crippen MR) is 78.6 cm³/mol. The monoisotopic (exact) mass is 294 g/mol. The van der Waals surface area contributed by atoms with E-state index in [4.69, 9.17) is 0 Å². The molecule has 1 aromatic carbocycles. The number of non-ortho nitro benzene ring substituents is 1. The molecule has 8 heteroatoms. The van der Waals surface area contributed by atoms with Crippen molar-refractivity contribution in [1.29, 1.82) is 0 Å². The molecule has 21 heavy (non-hydrogen) atoms. The van der Waals surface area contributed by atoms with E-state index in [9.17, 15) is 20.2 Å². The van der Waals surface area contributed by atoms with Crippen molar-refractivity contribution in [1.82, 2.24) is 5.32 Å². The van der Waals surface area contributed by atoms with Crippen molar-refractivity contribution < 1.29 is 9.85 Å². The van der Waals surface area contributed by atoms with Crippen molar-refractivity contribution in [2.75, 3.05) is 31.6 Å². The van der Waals surface area contributed by atoms with Crippen LogP contribution in [0.4, 0.5) is 17.1 Å². The number of nitrogens with one attached hydrogen (secondary N) is 1. The molecule has 1 N–H and O–H groups in total. The minimum Gasteiger partial charge on any atom is -0.369 e. The molecule has 1 fully saturated rings. The summed E-state index contributed by atoms with van der Waals surface area (Å²) in [6.07, 6.45) is 2.18. The van der Waals surface area contributed by atoms with E-state index in [0.29, 0.717) is 18.2 Å². The molecule has 1 saturated heterocycles. The van der Waals surface area contributed by atoms with Crippen LogP contribution in [0.25, 0.3) is 0 Å². The van der Waals surface area contributed by atoms with Crippen LogP contribution in [0, 0.1) is 26.1 Å². The average molecular weight is 294 g/mol. The van der Waals surface area contributed by atoms with Crippen molar-refractivity contribution in [2.24, 2.45) is 5.92 Å². The third-order valence-corrected chi connectivity index (χ3v) is 3.71. The van der Waals surface area contributed by atoms with Crippen LogP contribution in [0.3, 0.4) is 0 Å². The minimum atomic E-state index is -0.623. The van der Waals surface area contributed by atoms with E-state index in [0.717, 1.165) is 32.0 Å². The Hall–Kier alpha value is -2.22. The molecule has 1 heterocycles. The van der Waals surface area contributed by atoms with Gasteiger partial charge in [0, 0.05) is 19.7 Å². The highest BCUT2D eigenvalue weighted by Gasteiger charge is 2.23. The molecule has 1 atom stereocenters. The van der Waals surface area contributed by atoms with Crippen LogP contribution < -0.4 is 10.2 Å². The summed E-state index contributed by atoms with van der Waals surface area (Å²) in [4.78, 5) is 22.5. The number of rotatable bonds is 5. The first-order chi connectivity index (χ1) is 9.99. The van der Waals surface area contributed by atoms with Crippen LogP contribution in [-0.4, -0.2) is 36.5 Å². The van der Waals surface area contributed by atoms with Gasteiger partial charge in [0.15, 0.2) is 0 Å². The minimum absolute atomic E-state index is 0.226. The second kappa shape index (κ2) is 6.49. The van der Waals surface area contributed by atoms with Gasteiger partial charge in [0.25, 0.3) is 11.4 Å². The SMILES string of the molecule is CN(CC1CCCNC1)c1ccc([N+](=O)[O-])cc1[N+](=O)[O-]. The summed E-state index contributed by atoms with van der Waals surface area (Å²) in [5, 5.41) is 25.2. The lowest BCUT2D eigenvalue weighted by atomic mass is 9.99. The van der Waals surface area contributed by atoms with E-state index in [1.165, 1.54) is 12.1 Å². The molecule has 114 valence electrons. The second-order valence-corrected chi connectivity index (χ2v) is 5.28. The molecule has 0 saturated carbocycles. The Kier molecular flexibility index (Phi) is 4.69. The van der Waals surface area contributed by atoms with E-state index in [1.807, 2.05) is 0 Å². The van der Waals surface area contributed by atoms with Crippen LogP contribution in [0.5, 0.6) is 0 Å². The van der Waals surface area contributed by atoms with Crippen LogP contribution in [0.2, 0.25) is 0 Å². The summed E-state index contributed by atoms with van der Waals surface area (Å²) < 4.78 is 0. The third kappa shape index (κ3) is 3.66. The van der Waals surface area contributed by atoms with Gasteiger partial charge in [-0.05, 0) is 37.9 Å². The Morgan fingerprint density at radius 1 is 1.33 bits per heavy atom. The molecular weight excluding hydrogens is 276 g/mol. The van der Waals surface area contributed by atoms with Crippen LogP contribution in [0.15, 0.2) is 18.2 Å². The lowest BCUT2D eigenvalue weighted by Crippen LogP contribution is -2.37. The van der Waals surface area contributed by atoms with Gasteiger partial charge in [-0.3, -0.25) is 20.2 Å². The summed E-state index contributed by atoms with van der Waals surface area (Å²) >= 11 is 0. The first-order valence-electron chi connectivity index (χ1n) is 6.83. The average Bonchev–Trinajstić information content (AvgIpc) is 2.47. The standard InChI is InChI=1S/C13H18N4O4/c1-15(9-10-3-2-6-14-8-10)12-5-4-11(16(18)19)7-13(12)17(20)21/h4-5,7,10,14H,2-3,6,8-9H2,1H3. The number of nitro benzene ring substituents is 2. The fourth-order valence-electron chi connectivity index (χ4n) is 2.66. The van der Waals surface area contributed by atoms with Gasteiger partial charge < -0.3 is 10.2 Å². The molecule has 0 amide bonds. The molecule has 1 aliphatic rings. The molecule has 0 spiro atoms. The first-order valence-corrected chi connectivity index (χ1v) is 6.83. The van der Waals surface area contributed by atoms with Gasteiger partial charge in [-0.1, -0.05) is 0 Å². The molecule has 8 nitrogen and oxygen atoms in total. The molecule has 0 bridgehead atoms. The molecule has 0 aromatic heterocycles. The van der Waals surface area contributed by atoms with E-state index >= 15 is 0 Å². The Bertz CT molecular complexity index is 543. The van der Waals surface area contributed by atoms with Crippen molar-refractivity contribution >= 4 is 17.1 Å². The van der Waals surface area contributed by atoms with Crippen molar-refractivity contribution in [3.05, 3.63) is 38.4 Å². The van der Waals surface area contributed by atoms with Gasteiger partial charge in [-0.25, -0.2) is 0 Å². The maximum atomic E-state index is 11.1. The maximum Gasteiger partial charge on any atom is 0.299 e. The van der Waals surface area contributed by atoms with Crippen molar-refractivity contribution in [3.8, 4) is 0 Å². The van der Waals surface area contributed by atoms with E-state index < -0.39 is 9.85 Å². The normalized spacial score (nSPS) is 18.2. The molecule has 1 unspecified atom stereocenters. The number of nitro groups is 2. The molecule has 1 aromatic rings.